The zero-order valence-electron chi connectivity index (χ0n) is 17.5. The molecule has 0 atom stereocenters. The lowest BCUT2D eigenvalue weighted by Crippen LogP contribution is -2.25. The number of halogens is 1. The molecule has 0 spiro atoms. The zero-order chi connectivity index (χ0) is 21.9. The van der Waals surface area contributed by atoms with Gasteiger partial charge in [-0.2, -0.15) is 0 Å². The van der Waals surface area contributed by atoms with Crippen LogP contribution in [0.4, 0.5) is 4.39 Å². The van der Waals surface area contributed by atoms with Gasteiger partial charge in [0.25, 0.3) is 5.91 Å². The van der Waals surface area contributed by atoms with Gasteiger partial charge in [-0.05, 0) is 37.1 Å². The van der Waals surface area contributed by atoms with Crippen molar-refractivity contribution in [3.05, 3.63) is 76.4 Å². The topological polar surface area (TPSA) is 69.0 Å². The Hall–Kier alpha value is -3.26. The molecule has 32 heavy (non-hydrogen) atoms. The average Bonchev–Trinajstić information content (AvgIpc) is 3.30. The van der Waals surface area contributed by atoms with Crippen LogP contribution in [0.15, 0.2) is 48.5 Å². The van der Waals surface area contributed by atoms with E-state index in [1.54, 1.807) is 6.07 Å². The van der Waals surface area contributed by atoms with Gasteiger partial charge in [-0.3, -0.25) is 4.79 Å². The Kier molecular flexibility index (Phi) is 5.85. The molecule has 4 aromatic rings. The van der Waals surface area contributed by atoms with Gasteiger partial charge in [0.15, 0.2) is 5.82 Å². The molecule has 3 heterocycles. The van der Waals surface area contributed by atoms with Crippen molar-refractivity contribution in [3.8, 4) is 5.75 Å². The Morgan fingerprint density at radius 2 is 1.97 bits per heavy atom. The minimum Gasteiger partial charge on any atom is -0.489 e. The Bertz CT molecular complexity index is 1250. The third-order valence-electron chi connectivity index (χ3n) is 5.69. The highest BCUT2D eigenvalue weighted by molar-refractivity contribution is 7.21. The number of nitrogens with one attached hydrogen (secondary N) is 1. The lowest BCUT2D eigenvalue weighted by Gasteiger charge is -2.10. The summed E-state index contributed by atoms with van der Waals surface area (Å²) in [4.78, 5) is 13.6. The molecule has 0 radical (unpaired) electrons. The molecule has 1 aliphatic rings. The number of carbonyl (C=O) groups excluding carboxylic acids is 1. The second-order valence-electron chi connectivity index (χ2n) is 7.80. The molecule has 0 fully saturated rings. The second kappa shape index (κ2) is 9.08. The van der Waals surface area contributed by atoms with Crippen LogP contribution in [0.2, 0.25) is 0 Å². The molecule has 2 aromatic heterocycles. The monoisotopic (exact) mass is 450 g/mol. The number of benzene rings is 2. The summed E-state index contributed by atoms with van der Waals surface area (Å²) in [6.45, 7) is 1.26. The summed E-state index contributed by atoms with van der Waals surface area (Å²) in [5.41, 5.74) is 0.560. The van der Waals surface area contributed by atoms with Gasteiger partial charge in [0.2, 0.25) is 0 Å². The van der Waals surface area contributed by atoms with E-state index in [1.807, 2.05) is 36.4 Å². The molecule has 6 nitrogen and oxygen atoms in total. The minimum absolute atomic E-state index is 0.105. The molecular weight excluding hydrogens is 427 g/mol. The highest BCUT2D eigenvalue weighted by Gasteiger charge is 2.22. The van der Waals surface area contributed by atoms with E-state index < -0.39 is 0 Å². The van der Waals surface area contributed by atoms with Crippen molar-refractivity contribution in [2.75, 3.05) is 0 Å². The van der Waals surface area contributed by atoms with Crippen molar-refractivity contribution in [3.63, 3.8) is 0 Å². The normalized spacial score (nSPS) is 13.5. The van der Waals surface area contributed by atoms with E-state index in [4.69, 9.17) is 4.74 Å². The van der Waals surface area contributed by atoms with Crippen LogP contribution in [0.1, 0.15) is 46.1 Å². The number of rotatable bonds is 6. The summed E-state index contributed by atoms with van der Waals surface area (Å²) in [5.74, 6) is 1.79. The van der Waals surface area contributed by atoms with Crippen molar-refractivity contribution < 1.29 is 13.9 Å². The molecule has 164 valence electrons. The van der Waals surface area contributed by atoms with Crippen LogP contribution in [-0.4, -0.2) is 20.7 Å². The van der Waals surface area contributed by atoms with E-state index >= 15 is 0 Å². The summed E-state index contributed by atoms with van der Waals surface area (Å²) < 4.78 is 23.4. The van der Waals surface area contributed by atoms with Gasteiger partial charge in [-0.25, -0.2) is 4.39 Å². The van der Waals surface area contributed by atoms with E-state index in [0.29, 0.717) is 21.6 Å². The van der Waals surface area contributed by atoms with Crippen molar-refractivity contribution in [2.24, 2.45) is 0 Å². The van der Waals surface area contributed by atoms with Gasteiger partial charge in [0.05, 0.1) is 11.4 Å². The van der Waals surface area contributed by atoms with Gasteiger partial charge < -0.3 is 14.6 Å². The van der Waals surface area contributed by atoms with Gasteiger partial charge in [-0.15, -0.1) is 21.5 Å². The Morgan fingerprint density at radius 1 is 1.09 bits per heavy atom. The van der Waals surface area contributed by atoms with Crippen LogP contribution in [0, 0.1) is 5.82 Å². The lowest BCUT2D eigenvalue weighted by molar-refractivity contribution is 0.0951. The summed E-state index contributed by atoms with van der Waals surface area (Å²) in [5, 5.41) is 12.0. The second-order valence-corrected chi connectivity index (χ2v) is 8.85. The molecule has 2 aromatic carbocycles. The van der Waals surface area contributed by atoms with Crippen LogP contribution in [0.5, 0.6) is 5.75 Å². The zero-order valence-corrected chi connectivity index (χ0v) is 18.3. The molecule has 5 rings (SSSR count). The van der Waals surface area contributed by atoms with Crippen LogP contribution < -0.4 is 10.1 Å². The first-order valence-electron chi connectivity index (χ1n) is 10.8. The smallest absolute Gasteiger partial charge is 0.262 e. The number of hydrogen-bond acceptors (Lipinski definition) is 5. The van der Waals surface area contributed by atoms with Crippen LogP contribution in [0.25, 0.3) is 10.1 Å². The molecule has 8 heteroatoms. The number of nitrogens with zero attached hydrogens (tertiary/aromatic N) is 3. The minimum atomic E-state index is -0.354. The summed E-state index contributed by atoms with van der Waals surface area (Å²) in [6, 6.07) is 14.2. The number of amides is 1. The first kappa shape index (κ1) is 20.6. The largest absolute Gasteiger partial charge is 0.489 e. The maximum absolute atomic E-state index is 14.7. The average molecular weight is 451 g/mol. The predicted octanol–water partition coefficient (Wildman–Crippen LogP) is 4.87. The highest BCUT2D eigenvalue weighted by atomic mass is 32.1. The quantitative estimate of drug-likeness (QED) is 0.455. The predicted molar refractivity (Wildman–Crippen MR) is 121 cm³/mol. The fourth-order valence-corrected chi connectivity index (χ4v) is 5.21. The van der Waals surface area contributed by atoms with Crippen LogP contribution in [-0.2, 0) is 26.1 Å². The summed E-state index contributed by atoms with van der Waals surface area (Å²) in [6.07, 6.45) is 4.29. The molecule has 0 saturated heterocycles. The highest BCUT2D eigenvalue weighted by Crippen LogP contribution is 2.34. The Balaban J connectivity index is 1.40. The number of para-hydroxylation sites is 1. The Morgan fingerprint density at radius 3 is 2.84 bits per heavy atom. The number of carbonyl (C=O) groups is 1. The SMILES string of the molecule is O=C(NCc1nnc2n1CCCCC2)c1sc2cccc(F)c2c1COc1ccccc1. The van der Waals surface area contributed by atoms with E-state index in [-0.39, 0.29) is 24.9 Å². The Labute approximate surface area is 189 Å². The van der Waals surface area contributed by atoms with Gasteiger partial charge in [-0.1, -0.05) is 30.7 Å². The van der Waals surface area contributed by atoms with E-state index in [9.17, 15) is 9.18 Å². The van der Waals surface area contributed by atoms with E-state index in [0.717, 1.165) is 42.2 Å². The maximum atomic E-state index is 14.7. The van der Waals surface area contributed by atoms with Gasteiger partial charge in [0, 0.05) is 28.6 Å². The van der Waals surface area contributed by atoms with Gasteiger partial charge in [0.1, 0.15) is 24.0 Å². The molecule has 0 bridgehead atoms. The molecule has 1 amide bonds. The molecule has 1 aliphatic heterocycles. The number of hydrogen-bond donors (Lipinski definition) is 1. The fraction of sp³-hybridized carbons (Fsp3) is 0.292. The number of aryl methyl sites for hydroxylation is 1. The van der Waals surface area contributed by atoms with E-state index in [1.165, 1.54) is 23.8 Å². The van der Waals surface area contributed by atoms with Crippen molar-refractivity contribution in [1.82, 2.24) is 20.1 Å². The third kappa shape index (κ3) is 4.10. The standard InChI is InChI=1S/C24H23FN4O2S/c25-18-10-7-11-19-22(18)17(15-31-16-8-3-1-4-9-16)23(32-19)24(30)26-14-21-28-27-20-12-5-2-6-13-29(20)21/h1,3-4,7-11H,2,5-6,12-15H2,(H,26,30). The maximum Gasteiger partial charge on any atom is 0.262 e. The number of fused-ring (bicyclic) bond motifs is 2. The van der Waals surface area contributed by atoms with Crippen molar-refractivity contribution in [1.29, 1.82) is 0 Å². The fourth-order valence-electron chi connectivity index (χ4n) is 4.08. The van der Waals surface area contributed by atoms with E-state index in [2.05, 4.69) is 20.1 Å². The number of aromatic nitrogens is 3. The van der Waals surface area contributed by atoms with Crippen LogP contribution >= 0.6 is 11.3 Å². The molecule has 0 unspecified atom stereocenters. The van der Waals surface area contributed by atoms with Crippen molar-refractivity contribution in [2.45, 2.75) is 45.4 Å². The van der Waals surface area contributed by atoms with Crippen LogP contribution in [0.3, 0.4) is 0 Å². The number of ether oxygens (including phenoxy) is 1. The molecular formula is C24H23FN4O2S. The molecule has 0 aliphatic carbocycles. The van der Waals surface area contributed by atoms with Crippen molar-refractivity contribution >= 4 is 27.3 Å². The summed E-state index contributed by atoms with van der Waals surface area (Å²) in [7, 11) is 0. The molecule has 1 N–H and O–H groups in total. The summed E-state index contributed by atoms with van der Waals surface area (Å²) >= 11 is 1.28. The third-order valence-corrected chi connectivity index (χ3v) is 6.89. The lowest BCUT2D eigenvalue weighted by atomic mass is 10.1. The van der Waals surface area contributed by atoms with Gasteiger partial charge >= 0.3 is 0 Å². The number of thiophene rings is 1. The first-order chi connectivity index (χ1) is 15.7. The molecule has 0 saturated carbocycles. The first-order valence-corrected chi connectivity index (χ1v) is 11.6.